The number of hydrogen-bond acceptors (Lipinski definition) is 5. The van der Waals surface area contributed by atoms with Crippen LogP contribution in [0.25, 0.3) is 22.4 Å². The molecule has 0 aliphatic carbocycles. The van der Waals surface area contributed by atoms with Crippen molar-refractivity contribution in [2.24, 2.45) is 21.1 Å². The van der Waals surface area contributed by atoms with Gasteiger partial charge < -0.3 is 9.47 Å². The Morgan fingerprint density at radius 3 is 2.68 bits per heavy atom. The molecule has 142 valence electrons. The second kappa shape index (κ2) is 6.01. The van der Waals surface area contributed by atoms with Crippen LogP contribution in [0.5, 0.6) is 0 Å². The maximum Gasteiger partial charge on any atom is 0.275 e. The van der Waals surface area contributed by atoms with Crippen LogP contribution >= 0.6 is 0 Å². The maximum atomic E-state index is 13.3. The Balaban J connectivity index is 1.54. The highest BCUT2D eigenvalue weighted by molar-refractivity contribution is 6.04. The van der Waals surface area contributed by atoms with Crippen LogP contribution in [0.3, 0.4) is 0 Å². The van der Waals surface area contributed by atoms with Crippen molar-refractivity contribution in [2.45, 2.75) is 13.0 Å². The molecule has 0 fully saturated rings. The van der Waals surface area contributed by atoms with Crippen molar-refractivity contribution in [1.82, 2.24) is 39.2 Å². The lowest BCUT2D eigenvalue weighted by molar-refractivity contribution is 0.0729. The largest absolute Gasteiger partial charge is 0.332 e. The van der Waals surface area contributed by atoms with Crippen LogP contribution in [0.15, 0.2) is 30.6 Å². The molecule has 0 unspecified atom stereocenters. The summed E-state index contributed by atoms with van der Waals surface area (Å²) in [6.07, 6.45) is 2.40. The summed E-state index contributed by atoms with van der Waals surface area (Å²) >= 11 is 0. The van der Waals surface area contributed by atoms with Crippen LogP contribution in [-0.2, 0) is 34.1 Å². The van der Waals surface area contributed by atoms with E-state index in [0.29, 0.717) is 24.6 Å². The molecule has 1 aliphatic heterocycles. The van der Waals surface area contributed by atoms with E-state index in [2.05, 4.69) is 20.4 Å². The third kappa shape index (κ3) is 2.35. The summed E-state index contributed by atoms with van der Waals surface area (Å²) in [6.45, 7) is 1.11. The second-order valence-electron chi connectivity index (χ2n) is 7.13. The summed E-state index contributed by atoms with van der Waals surface area (Å²) < 4.78 is 5.49. The van der Waals surface area contributed by atoms with Gasteiger partial charge in [-0.05, 0) is 6.07 Å². The standard InChI is InChI=1S/C19H20N8O/c1-24-11-20-21-18(24)16-13-10-27(9-8-15(13)26(3)22-16)19(28)17-12-6-4-5-7-14(12)25(2)23-17/h4-7,11H,8-10H2,1-3H3. The molecule has 0 atom stereocenters. The van der Waals surface area contributed by atoms with E-state index in [-0.39, 0.29) is 5.91 Å². The van der Waals surface area contributed by atoms with Crippen molar-refractivity contribution in [3.63, 3.8) is 0 Å². The lowest BCUT2D eigenvalue weighted by atomic mass is 10.0. The van der Waals surface area contributed by atoms with E-state index >= 15 is 0 Å². The Bertz CT molecular complexity index is 1210. The molecule has 9 nitrogen and oxygen atoms in total. The molecule has 0 bridgehead atoms. The molecule has 4 aromatic rings. The van der Waals surface area contributed by atoms with Gasteiger partial charge in [-0.25, -0.2) is 0 Å². The normalized spacial score (nSPS) is 13.9. The van der Waals surface area contributed by atoms with Crippen molar-refractivity contribution in [3.05, 3.63) is 47.5 Å². The van der Waals surface area contributed by atoms with E-state index < -0.39 is 0 Å². The summed E-state index contributed by atoms with van der Waals surface area (Å²) in [7, 11) is 5.69. The molecule has 1 aliphatic rings. The monoisotopic (exact) mass is 376 g/mol. The topological polar surface area (TPSA) is 86.7 Å². The predicted molar refractivity (Wildman–Crippen MR) is 102 cm³/mol. The van der Waals surface area contributed by atoms with Gasteiger partial charge in [0, 0.05) is 50.8 Å². The van der Waals surface area contributed by atoms with Gasteiger partial charge in [0.2, 0.25) is 0 Å². The zero-order valence-electron chi connectivity index (χ0n) is 16.0. The van der Waals surface area contributed by atoms with E-state index in [1.165, 1.54) is 0 Å². The summed E-state index contributed by atoms with van der Waals surface area (Å²) in [6, 6.07) is 7.80. The summed E-state index contributed by atoms with van der Waals surface area (Å²) in [5.41, 5.74) is 4.38. The van der Waals surface area contributed by atoms with Gasteiger partial charge in [0.05, 0.1) is 12.1 Å². The average molecular weight is 376 g/mol. The number of amides is 1. The minimum atomic E-state index is -0.0600. The fourth-order valence-corrected chi connectivity index (χ4v) is 3.96. The lowest BCUT2D eigenvalue weighted by Gasteiger charge is -2.27. The molecule has 1 amide bonds. The van der Waals surface area contributed by atoms with Crippen LogP contribution in [0.2, 0.25) is 0 Å². The first-order valence-corrected chi connectivity index (χ1v) is 9.14. The zero-order valence-corrected chi connectivity index (χ0v) is 16.0. The first kappa shape index (κ1) is 16.7. The number of aromatic nitrogens is 7. The van der Waals surface area contributed by atoms with Crippen LogP contribution < -0.4 is 0 Å². The first-order chi connectivity index (χ1) is 13.5. The van der Waals surface area contributed by atoms with E-state index in [1.54, 1.807) is 11.0 Å². The molecule has 0 saturated carbocycles. The van der Waals surface area contributed by atoms with Gasteiger partial charge in [-0.3, -0.25) is 14.2 Å². The number of fused-ring (bicyclic) bond motifs is 2. The molecule has 28 heavy (non-hydrogen) atoms. The Labute approximate surface area is 161 Å². The molecule has 3 aromatic heterocycles. The van der Waals surface area contributed by atoms with Crippen molar-refractivity contribution in [1.29, 1.82) is 0 Å². The minimum Gasteiger partial charge on any atom is -0.332 e. The van der Waals surface area contributed by atoms with Gasteiger partial charge >= 0.3 is 0 Å². The van der Waals surface area contributed by atoms with Crippen molar-refractivity contribution in [3.8, 4) is 11.5 Å². The molecular formula is C19H20N8O. The van der Waals surface area contributed by atoms with E-state index in [0.717, 1.165) is 34.3 Å². The minimum absolute atomic E-state index is 0.0600. The van der Waals surface area contributed by atoms with E-state index in [9.17, 15) is 4.79 Å². The lowest BCUT2D eigenvalue weighted by Crippen LogP contribution is -2.36. The van der Waals surface area contributed by atoms with Gasteiger partial charge in [-0.15, -0.1) is 10.2 Å². The van der Waals surface area contributed by atoms with E-state index in [4.69, 9.17) is 0 Å². The van der Waals surface area contributed by atoms with Crippen molar-refractivity contribution >= 4 is 16.8 Å². The Kier molecular flexibility index (Phi) is 3.58. The quantitative estimate of drug-likeness (QED) is 0.526. The van der Waals surface area contributed by atoms with Gasteiger partial charge in [0.15, 0.2) is 11.5 Å². The highest BCUT2D eigenvalue weighted by Gasteiger charge is 2.30. The van der Waals surface area contributed by atoms with Crippen LogP contribution in [0.4, 0.5) is 0 Å². The van der Waals surface area contributed by atoms with Crippen molar-refractivity contribution in [2.75, 3.05) is 6.54 Å². The fraction of sp³-hybridized carbons (Fsp3) is 0.316. The number of hydrogen-bond donors (Lipinski definition) is 0. The summed E-state index contributed by atoms with van der Waals surface area (Å²) in [5, 5.41) is 18.2. The molecule has 9 heteroatoms. The number of aryl methyl sites for hydroxylation is 3. The molecule has 0 N–H and O–H groups in total. The number of rotatable bonds is 2. The van der Waals surface area contributed by atoms with Gasteiger partial charge in [-0.1, -0.05) is 18.2 Å². The third-order valence-corrected chi connectivity index (χ3v) is 5.41. The number of benzene rings is 1. The average Bonchev–Trinajstić information content (AvgIpc) is 3.37. The number of para-hydroxylation sites is 1. The SMILES string of the molecule is Cn1cnnc1-c1nn(C)c2c1CN(C(=O)c1nn(C)c3ccccc13)CC2. The fourth-order valence-electron chi connectivity index (χ4n) is 3.96. The number of carbonyl (C=O) groups excluding carboxylic acids is 1. The molecule has 0 spiro atoms. The van der Waals surface area contributed by atoms with Crippen LogP contribution in [0, 0.1) is 0 Å². The zero-order chi connectivity index (χ0) is 19.4. The highest BCUT2D eigenvalue weighted by atomic mass is 16.2. The summed E-state index contributed by atoms with van der Waals surface area (Å²) in [4.78, 5) is 15.1. The number of nitrogens with zero attached hydrogens (tertiary/aromatic N) is 8. The molecule has 4 heterocycles. The van der Waals surface area contributed by atoms with Gasteiger partial charge in [0.25, 0.3) is 5.91 Å². The molecule has 0 saturated heterocycles. The van der Waals surface area contributed by atoms with E-state index in [1.807, 2.05) is 59.6 Å². The predicted octanol–water partition coefficient (Wildman–Crippen LogP) is 1.30. The molecular weight excluding hydrogens is 356 g/mol. The summed E-state index contributed by atoms with van der Waals surface area (Å²) in [5.74, 6) is 0.643. The third-order valence-electron chi connectivity index (χ3n) is 5.41. The van der Waals surface area contributed by atoms with Gasteiger partial charge in [0.1, 0.15) is 12.0 Å². The first-order valence-electron chi connectivity index (χ1n) is 9.14. The molecule has 1 aromatic carbocycles. The highest BCUT2D eigenvalue weighted by Crippen LogP contribution is 2.29. The maximum absolute atomic E-state index is 13.3. The molecule has 5 rings (SSSR count). The van der Waals surface area contributed by atoms with Crippen LogP contribution in [0.1, 0.15) is 21.7 Å². The van der Waals surface area contributed by atoms with Crippen LogP contribution in [-0.4, -0.2) is 51.7 Å². The number of carbonyl (C=O) groups is 1. The Hall–Kier alpha value is -3.49. The smallest absolute Gasteiger partial charge is 0.275 e. The Morgan fingerprint density at radius 1 is 1.07 bits per heavy atom. The molecule has 0 radical (unpaired) electrons. The van der Waals surface area contributed by atoms with Gasteiger partial charge in [-0.2, -0.15) is 10.2 Å². The Morgan fingerprint density at radius 2 is 1.89 bits per heavy atom. The second-order valence-corrected chi connectivity index (χ2v) is 7.13. The van der Waals surface area contributed by atoms with Crippen molar-refractivity contribution < 1.29 is 4.79 Å².